The number of fused-ring (bicyclic) bond motifs is 2. The summed E-state index contributed by atoms with van der Waals surface area (Å²) < 4.78 is 17.1. The summed E-state index contributed by atoms with van der Waals surface area (Å²) in [6, 6.07) is 0. The largest absolute Gasteiger partial charge is 0.457 e. The lowest BCUT2D eigenvalue weighted by Crippen LogP contribution is -2.60. The number of rotatable bonds is 1. The van der Waals surface area contributed by atoms with Crippen LogP contribution in [0.4, 0.5) is 0 Å². The molecule has 2 N–H and O–H groups in total. The Bertz CT molecular complexity index is 783. The Hall–Kier alpha value is -1.80. The molecule has 0 aromatic carbocycles. The van der Waals surface area contributed by atoms with Crippen molar-refractivity contribution in [2.24, 2.45) is 5.92 Å². The van der Waals surface area contributed by atoms with Crippen molar-refractivity contribution in [3.63, 3.8) is 0 Å². The average Bonchev–Trinajstić information content (AvgIpc) is 3.26. The fourth-order valence-electron chi connectivity index (χ4n) is 4.55. The number of esters is 1. The van der Waals surface area contributed by atoms with E-state index in [2.05, 4.69) is 13.2 Å². The monoisotopic (exact) mass is 376 g/mol. The lowest BCUT2D eigenvalue weighted by atomic mass is 9.76. The van der Waals surface area contributed by atoms with Gasteiger partial charge in [0.05, 0.1) is 0 Å². The molecule has 0 spiro atoms. The van der Waals surface area contributed by atoms with E-state index in [4.69, 9.17) is 14.2 Å². The van der Waals surface area contributed by atoms with Gasteiger partial charge in [0, 0.05) is 18.8 Å². The number of allylic oxidation sites excluding steroid dienone is 1. The summed E-state index contributed by atoms with van der Waals surface area (Å²) in [5.74, 6) is -3.55. The number of hydrogen-bond acceptors (Lipinski definition) is 7. The van der Waals surface area contributed by atoms with Gasteiger partial charge in [-0.3, -0.25) is 4.79 Å². The Kier molecular flexibility index (Phi) is 4.02. The van der Waals surface area contributed by atoms with E-state index in [1.54, 1.807) is 13.8 Å². The van der Waals surface area contributed by atoms with Crippen molar-refractivity contribution in [1.29, 1.82) is 0 Å². The maximum Gasteiger partial charge on any atom is 0.344 e. The number of aliphatic hydroxyl groups is 2. The van der Waals surface area contributed by atoms with E-state index in [1.807, 2.05) is 0 Å². The topological polar surface area (TPSA) is 106 Å². The smallest absolute Gasteiger partial charge is 0.344 e. The number of carbonyl (C=O) groups excluding carboxylic acids is 2. The van der Waals surface area contributed by atoms with E-state index in [0.29, 0.717) is 12.0 Å². The minimum atomic E-state index is -2.19. The predicted molar refractivity (Wildman–Crippen MR) is 93.4 cm³/mol. The number of ketones is 1. The highest BCUT2D eigenvalue weighted by Crippen LogP contribution is 2.56. The van der Waals surface area contributed by atoms with Crippen molar-refractivity contribution in [3.8, 4) is 0 Å². The lowest BCUT2D eigenvalue weighted by Gasteiger charge is -2.47. The lowest BCUT2D eigenvalue weighted by molar-refractivity contribution is -0.297. The molecule has 3 fully saturated rings. The van der Waals surface area contributed by atoms with Crippen LogP contribution in [-0.2, 0) is 23.8 Å². The first-order valence-electron chi connectivity index (χ1n) is 9.10. The van der Waals surface area contributed by atoms with E-state index >= 15 is 0 Å². The van der Waals surface area contributed by atoms with Crippen molar-refractivity contribution >= 4 is 11.8 Å². The van der Waals surface area contributed by atoms with Crippen LogP contribution in [0.15, 0.2) is 36.0 Å². The first kappa shape index (κ1) is 18.6. The summed E-state index contributed by atoms with van der Waals surface area (Å²) >= 11 is 0. The molecule has 7 atom stereocenters. The molecule has 4 bridgehead atoms. The van der Waals surface area contributed by atoms with Crippen LogP contribution in [0.5, 0.6) is 0 Å². The van der Waals surface area contributed by atoms with Crippen molar-refractivity contribution in [2.45, 2.75) is 68.9 Å². The van der Waals surface area contributed by atoms with Crippen LogP contribution in [0.3, 0.4) is 0 Å². The molecule has 0 unspecified atom stereocenters. The molecule has 0 radical (unpaired) electrons. The summed E-state index contributed by atoms with van der Waals surface area (Å²) in [7, 11) is 0. The summed E-state index contributed by atoms with van der Waals surface area (Å²) in [5, 5.41) is 22.0. The normalized spacial score (nSPS) is 48.5. The Morgan fingerprint density at radius 1 is 1.33 bits per heavy atom. The first-order chi connectivity index (χ1) is 12.6. The van der Waals surface area contributed by atoms with Gasteiger partial charge in [-0.25, -0.2) is 4.79 Å². The fourth-order valence-corrected chi connectivity index (χ4v) is 4.55. The van der Waals surface area contributed by atoms with Gasteiger partial charge in [-0.15, -0.1) is 0 Å². The molecule has 7 heteroatoms. The molecule has 0 saturated carbocycles. The van der Waals surface area contributed by atoms with Gasteiger partial charge in [-0.05, 0) is 31.9 Å². The van der Waals surface area contributed by atoms with Crippen molar-refractivity contribution in [1.82, 2.24) is 0 Å². The summed E-state index contributed by atoms with van der Waals surface area (Å²) in [6.45, 7) is 11.2. The molecule has 0 aliphatic carbocycles. The minimum absolute atomic E-state index is 0.0390. The van der Waals surface area contributed by atoms with Crippen LogP contribution in [-0.4, -0.2) is 57.8 Å². The molecule has 4 aliphatic heterocycles. The minimum Gasteiger partial charge on any atom is -0.457 e. The molecule has 4 rings (SSSR count). The predicted octanol–water partition coefficient (Wildman–Crippen LogP) is 0.945. The zero-order chi connectivity index (χ0) is 19.7. The van der Waals surface area contributed by atoms with E-state index in [1.165, 1.54) is 6.08 Å². The molecule has 27 heavy (non-hydrogen) atoms. The van der Waals surface area contributed by atoms with Gasteiger partial charge in [-0.2, -0.15) is 0 Å². The van der Waals surface area contributed by atoms with Crippen molar-refractivity contribution in [3.05, 3.63) is 36.0 Å². The van der Waals surface area contributed by atoms with E-state index in [-0.39, 0.29) is 24.2 Å². The van der Waals surface area contributed by atoms with Crippen molar-refractivity contribution < 1.29 is 34.0 Å². The molecule has 0 aromatic heterocycles. The van der Waals surface area contributed by atoms with Crippen molar-refractivity contribution in [2.75, 3.05) is 0 Å². The van der Waals surface area contributed by atoms with Crippen LogP contribution in [0.25, 0.3) is 0 Å². The molecule has 146 valence electrons. The van der Waals surface area contributed by atoms with Gasteiger partial charge in [0.15, 0.2) is 5.78 Å². The molecule has 7 nitrogen and oxygen atoms in total. The van der Waals surface area contributed by atoms with Gasteiger partial charge < -0.3 is 24.4 Å². The van der Waals surface area contributed by atoms with Gasteiger partial charge in [-0.1, -0.05) is 24.3 Å². The third kappa shape index (κ3) is 2.56. The van der Waals surface area contributed by atoms with Crippen LogP contribution in [0.2, 0.25) is 0 Å². The first-order valence-corrected chi connectivity index (χ1v) is 9.10. The zero-order valence-electron chi connectivity index (χ0n) is 15.4. The molecular formula is C20H24O7. The number of hydrogen-bond donors (Lipinski definition) is 2. The summed E-state index contributed by atoms with van der Waals surface area (Å²) in [5.41, 5.74) is 0.122. The summed E-state index contributed by atoms with van der Waals surface area (Å²) in [4.78, 5) is 25.0. The van der Waals surface area contributed by atoms with Gasteiger partial charge >= 0.3 is 5.97 Å². The average molecular weight is 376 g/mol. The van der Waals surface area contributed by atoms with Crippen LogP contribution >= 0.6 is 0 Å². The molecule has 3 saturated heterocycles. The Morgan fingerprint density at radius 2 is 2.04 bits per heavy atom. The second-order valence-corrected chi connectivity index (χ2v) is 8.15. The molecular weight excluding hydrogens is 352 g/mol. The van der Waals surface area contributed by atoms with Crippen LogP contribution in [0.1, 0.15) is 33.1 Å². The van der Waals surface area contributed by atoms with Gasteiger partial charge in [0.2, 0.25) is 11.4 Å². The number of epoxide rings is 1. The fraction of sp³-hybridized carbons (Fsp3) is 0.600. The Labute approximate surface area is 157 Å². The van der Waals surface area contributed by atoms with Gasteiger partial charge in [0.1, 0.15) is 24.4 Å². The number of ether oxygens (including phenoxy) is 3. The third-order valence-corrected chi connectivity index (χ3v) is 6.11. The number of carbonyl (C=O) groups is 2. The quantitative estimate of drug-likeness (QED) is 0.399. The third-order valence-electron chi connectivity index (χ3n) is 6.11. The summed E-state index contributed by atoms with van der Waals surface area (Å²) in [6.07, 6.45) is -1.32. The van der Waals surface area contributed by atoms with E-state index in [0.717, 1.165) is 5.57 Å². The Balaban J connectivity index is 1.81. The maximum atomic E-state index is 12.6. The van der Waals surface area contributed by atoms with E-state index in [9.17, 15) is 19.8 Å². The highest BCUT2D eigenvalue weighted by atomic mass is 16.7. The molecule has 4 heterocycles. The van der Waals surface area contributed by atoms with Crippen LogP contribution in [0, 0.1) is 5.92 Å². The highest BCUT2D eigenvalue weighted by Gasteiger charge is 2.78. The highest BCUT2D eigenvalue weighted by molar-refractivity contribution is 5.92. The number of aliphatic hydroxyl groups excluding tert-OH is 1. The standard InChI is InChI=1S/C20H24O7/c1-9(2)13-8-15-19-17(27-19)14(25-18(19)23)6-10(3)5-12(21)7-11(4)20(24,26-15)16(13)22/h5,13-17,22,24H,1,4,6-8H2,2-3H3/b10-5-/t13-,14-,15+,16-,17-,19-,20-/m0/s1. The van der Waals surface area contributed by atoms with Crippen LogP contribution < -0.4 is 0 Å². The maximum absolute atomic E-state index is 12.6. The second-order valence-electron chi connectivity index (χ2n) is 8.15. The second kappa shape index (κ2) is 5.85. The Morgan fingerprint density at radius 3 is 2.67 bits per heavy atom. The molecule has 0 aromatic rings. The molecule has 0 amide bonds. The SMILES string of the molecule is C=C(C)[C@@H]1C[C@H]2O[C@@](O)(C(=C)CC(=O)/C=C(/C)C[C@@H]3OC(=O)[C@]24O[C@@H]34)[C@H]1O. The molecule has 4 aliphatic rings. The van der Waals surface area contributed by atoms with E-state index < -0.39 is 47.7 Å². The zero-order valence-corrected chi connectivity index (χ0v) is 15.4. The van der Waals surface area contributed by atoms with Gasteiger partial charge in [0.25, 0.3) is 0 Å².